The van der Waals surface area contributed by atoms with Gasteiger partial charge in [-0.15, -0.1) is 0 Å². The molecule has 2 rings (SSSR count). The molecule has 2 aromatic carbocycles. The van der Waals surface area contributed by atoms with Gasteiger partial charge in [0.25, 0.3) is 0 Å². The lowest BCUT2D eigenvalue weighted by Crippen LogP contribution is -2.07. The Hall–Kier alpha value is -2.11. The lowest BCUT2D eigenvalue weighted by molar-refractivity contribution is -0.134. The molecule has 5 heteroatoms. The van der Waals surface area contributed by atoms with Crippen molar-refractivity contribution >= 4 is 27.6 Å². The van der Waals surface area contributed by atoms with Crippen LogP contribution in [-0.4, -0.2) is 24.7 Å². The van der Waals surface area contributed by atoms with Gasteiger partial charge in [-0.1, -0.05) is 52.3 Å². The molecule has 25 heavy (non-hydrogen) atoms. The van der Waals surface area contributed by atoms with Gasteiger partial charge >= 0.3 is 5.97 Å². The number of carbonyl (C=O) groups is 1. The standard InChI is InChI=1S/C20H22BrNO3/c1-25-20(24)10-5-13-22-19-9-4-7-16(14-23)17(19)12-11-15-6-2-3-8-18(15)21/h2-10,22-23H,11-14H2,1H3. The average Bonchev–Trinajstić information content (AvgIpc) is 2.64. The molecule has 132 valence electrons. The first-order chi connectivity index (χ1) is 12.2. The molecule has 0 atom stereocenters. The molecule has 0 unspecified atom stereocenters. The van der Waals surface area contributed by atoms with E-state index in [1.54, 1.807) is 6.08 Å². The molecule has 2 aromatic rings. The highest BCUT2D eigenvalue weighted by Crippen LogP contribution is 2.24. The van der Waals surface area contributed by atoms with Crippen LogP contribution < -0.4 is 5.32 Å². The number of aliphatic hydroxyl groups excluding tert-OH is 1. The molecule has 0 aliphatic heterocycles. The molecular formula is C20H22BrNO3. The number of anilines is 1. The van der Waals surface area contributed by atoms with Crippen molar-refractivity contribution in [3.63, 3.8) is 0 Å². The third kappa shape index (κ3) is 5.73. The minimum atomic E-state index is -0.375. The molecule has 0 aromatic heterocycles. The molecule has 0 bridgehead atoms. The predicted molar refractivity (Wildman–Crippen MR) is 104 cm³/mol. The second-order valence-corrected chi connectivity index (χ2v) is 6.35. The van der Waals surface area contributed by atoms with Gasteiger partial charge in [-0.05, 0) is 41.7 Å². The van der Waals surface area contributed by atoms with E-state index >= 15 is 0 Å². The van der Waals surface area contributed by atoms with Gasteiger partial charge < -0.3 is 15.2 Å². The predicted octanol–water partition coefficient (Wildman–Crippen LogP) is 3.87. The molecule has 0 amide bonds. The van der Waals surface area contributed by atoms with Crippen molar-refractivity contribution in [3.8, 4) is 0 Å². The number of nitrogens with one attached hydrogen (secondary N) is 1. The lowest BCUT2D eigenvalue weighted by Gasteiger charge is -2.15. The second-order valence-electron chi connectivity index (χ2n) is 5.50. The third-order valence-electron chi connectivity index (χ3n) is 3.91. The van der Waals surface area contributed by atoms with Crippen LogP contribution in [0.25, 0.3) is 0 Å². The van der Waals surface area contributed by atoms with Crippen LogP contribution in [0.4, 0.5) is 5.69 Å². The molecular weight excluding hydrogens is 382 g/mol. The Kier molecular flexibility index (Phi) is 7.70. The Morgan fingerprint density at radius 1 is 1.16 bits per heavy atom. The summed E-state index contributed by atoms with van der Waals surface area (Å²) in [5, 5.41) is 13.0. The highest BCUT2D eigenvalue weighted by Gasteiger charge is 2.09. The highest BCUT2D eigenvalue weighted by atomic mass is 79.9. The summed E-state index contributed by atoms with van der Waals surface area (Å²) in [5.74, 6) is -0.375. The van der Waals surface area contributed by atoms with Crippen LogP contribution in [0.1, 0.15) is 16.7 Å². The van der Waals surface area contributed by atoms with Crippen LogP contribution in [0, 0.1) is 0 Å². The van der Waals surface area contributed by atoms with E-state index in [2.05, 4.69) is 32.0 Å². The van der Waals surface area contributed by atoms with Crippen LogP contribution >= 0.6 is 15.9 Å². The number of esters is 1. The maximum atomic E-state index is 11.1. The maximum absolute atomic E-state index is 11.1. The van der Waals surface area contributed by atoms with Gasteiger partial charge in [0.2, 0.25) is 0 Å². The van der Waals surface area contributed by atoms with Crippen LogP contribution in [0.5, 0.6) is 0 Å². The number of hydrogen-bond acceptors (Lipinski definition) is 4. The Balaban J connectivity index is 2.11. The normalized spacial score (nSPS) is 10.8. The van der Waals surface area contributed by atoms with Crippen LogP contribution in [0.3, 0.4) is 0 Å². The topological polar surface area (TPSA) is 58.6 Å². The number of ether oxygens (including phenoxy) is 1. The fraction of sp³-hybridized carbons (Fsp3) is 0.250. The van der Waals surface area contributed by atoms with E-state index in [0.717, 1.165) is 34.1 Å². The summed E-state index contributed by atoms with van der Waals surface area (Å²) in [4.78, 5) is 11.1. The monoisotopic (exact) mass is 403 g/mol. The fourth-order valence-corrected chi connectivity index (χ4v) is 3.08. The molecule has 0 aliphatic rings. The number of hydrogen-bond donors (Lipinski definition) is 2. The number of benzene rings is 2. The number of aryl methyl sites for hydroxylation is 1. The number of carbonyl (C=O) groups excluding carboxylic acids is 1. The number of halogens is 1. The van der Waals surface area contributed by atoms with Gasteiger partial charge in [0.1, 0.15) is 0 Å². The van der Waals surface area contributed by atoms with E-state index in [1.807, 2.05) is 36.4 Å². The van der Waals surface area contributed by atoms with Crippen molar-refractivity contribution in [2.45, 2.75) is 19.4 Å². The summed E-state index contributed by atoms with van der Waals surface area (Å²) in [6.07, 6.45) is 4.78. The summed E-state index contributed by atoms with van der Waals surface area (Å²) < 4.78 is 5.66. The van der Waals surface area contributed by atoms with Crippen molar-refractivity contribution in [1.29, 1.82) is 0 Å². The molecule has 0 fully saturated rings. The van der Waals surface area contributed by atoms with Gasteiger partial charge in [-0.3, -0.25) is 0 Å². The zero-order chi connectivity index (χ0) is 18.1. The van der Waals surface area contributed by atoms with Gasteiger partial charge in [0.15, 0.2) is 0 Å². The van der Waals surface area contributed by atoms with Crippen LogP contribution in [0.2, 0.25) is 0 Å². The SMILES string of the molecule is COC(=O)C=CCNc1cccc(CO)c1CCc1ccccc1Br. The Labute approximate surface area is 156 Å². The van der Waals surface area contributed by atoms with E-state index in [0.29, 0.717) is 6.54 Å². The van der Waals surface area contributed by atoms with E-state index in [-0.39, 0.29) is 12.6 Å². The summed E-state index contributed by atoms with van der Waals surface area (Å²) in [6.45, 7) is 0.505. The first-order valence-corrected chi connectivity index (χ1v) is 8.88. The smallest absolute Gasteiger partial charge is 0.330 e. The van der Waals surface area contributed by atoms with E-state index in [9.17, 15) is 9.90 Å². The Morgan fingerprint density at radius 3 is 2.64 bits per heavy atom. The molecule has 2 N–H and O–H groups in total. The van der Waals surface area contributed by atoms with E-state index < -0.39 is 0 Å². The van der Waals surface area contributed by atoms with Gasteiger partial charge in [0.05, 0.1) is 13.7 Å². The van der Waals surface area contributed by atoms with Gasteiger partial charge in [0, 0.05) is 22.8 Å². The van der Waals surface area contributed by atoms with Crippen molar-refractivity contribution < 1.29 is 14.6 Å². The van der Waals surface area contributed by atoms with Crippen molar-refractivity contribution in [3.05, 3.63) is 75.8 Å². The number of aliphatic hydroxyl groups is 1. The minimum Gasteiger partial charge on any atom is -0.466 e. The first-order valence-electron chi connectivity index (χ1n) is 8.09. The van der Waals surface area contributed by atoms with E-state index in [4.69, 9.17) is 0 Å². The molecule has 0 radical (unpaired) electrons. The van der Waals surface area contributed by atoms with Crippen molar-refractivity contribution in [2.24, 2.45) is 0 Å². The summed E-state index contributed by atoms with van der Waals surface area (Å²) in [6, 6.07) is 14.0. The average molecular weight is 404 g/mol. The van der Waals surface area contributed by atoms with Crippen molar-refractivity contribution in [2.75, 3.05) is 19.0 Å². The summed E-state index contributed by atoms with van der Waals surface area (Å²) >= 11 is 3.58. The lowest BCUT2D eigenvalue weighted by atomic mass is 9.98. The van der Waals surface area contributed by atoms with Crippen LogP contribution in [-0.2, 0) is 29.0 Å². The zero-order valence-electron chi connectivity index (χ0n) is 14.2. The summed E-state index contributed by atoms with van der Waals surface area (Å²) in [7, 11) is 1.35. The Morgan fingerprint density at radius 2 is 1.92 bits per heavy atom. The van der Waals surface area contributed by atoms with Gasteiger partial charge in [-0.2, -0.15) is 0 Å². The first kappa shape index (κ1) is 19.2. The van der Waals surface area contributed by atoms with Crippen LogP contribution in [0.15, 0.2) is 59.1 Å². The quantitative estimate of drug-likeness (QED) is 0.518. The molecule has 0 heterocycles. The third-order valence-corrected chi connectivity index (χ3v) is 4.68. The summed E-state index contributed by atoms with van der Waals surface area (Å²) in [5.41, 5.74) is 4.20. The largest absolute Gasteiger partial charge is 0.466 e. The Bertz CT molecular complexity index is 743. The number of methoxy groups -OCH3 is 1. The van der Waals surface area contributed by atoms with Crippen molar-refractivity contribution in [1.82, 2.24) is 0 Å². The molecule has 0 aliphatic carbocycles. The molecule has 0 saturated carbocycles. The second kappa shape index (κ2) is 10.0. The molecule has 4 nitrogen and oxygen atoms in total. The molecule has 0 spiro atoms. The minimum absolute atomic E-state index is 0.00118. The highest BCUT2D eigenvalue weighted by molar-refractivity contribution is 9.10. The molecule has 0 saturated heterocycles. The number of rotatable bonds is 8. The zero-order valence-corrected chi connectivity index (χ0v) is 15.8. The van der Waals surface area contributed by atoms with E-state index in [1.165, 1.54) is 18.7 Å². The maximum Gasteiger partial charge on any atom is 0.330 e. The fourth-order valence-electron chi connectivity index (χ4n) is 2.60. The van der Waals surface area contributed by atoms with Gasteiger partial charge in [-0.25, -0.2) is 4.79 Å².